The Kier molecular flexibility index (Phi) is 7.41. The van der Waals surface area contributed by atoms with E-state index in [1.165, 1.54) is 26.4 Å². The van der Waals surface area contributed by atoms with E-state index in [1.807, 2.05) is 0 Å². The molecule has 1 saturated heterocycles. The monoisotopic (exact) mass is 497 g/mol. The predicted octanol–water partition coefficient (Wildman–Crippen LogP) is 5.58. The van der Waals surface area contributed by atoms with E-state index in [9.17, 15) is 14.0 Å². The Bertz CT molecular complexity index is 1240. The number of hydrogen-bond donors (Lipinski definition) is 1. The number of nitrogens with one attached hydrogen (secondary N) is 1. The summed E-state index contributed by atoms with van der Waals surface area (Å²) in [5.74, 6) is 0.139. The van der Waals surface area contributed by atoms with Gasteiger partial charge < -0.3 is 19.7 Å². The highest BCUT2D eigenvalue weighted by Gasteiger charge is 2.27. The molecule has 0 spiro atoms. The van der Waals surface area contributed by atoms with Crippen molar-refractivity contribution < 1.29 is 23.5 Å². The number of amides is 3. The van der Waals surface area contributed by atoms with Gasteiger partial charge in [0.15, 0.2) is 0 Å². The highest BCUT2D eigenvalue weighted by atomic mass is 35.5. The van der Waals surface area contributed by atoms with E-state index in [-0.39, 0.29) is 17.8 Å². The van der Waals surface area contributed by atoms with Crippen LogP contribution in [-0.4, -0.2) is 44.1 Å². The SMILES string of the molecule is COc1cc(OC)c(NC(=O)c2cccc(N3CCCN(Cc4ccc(F)cc4)C3=O)c2)cc1Cl. The van der Waals surface area contributed by atoms with Gasteiger partial charge in [0.1, 0.15) is 17.3 Å². The first kappa shape index (κ1) is 24.3. The Morgan fingerprint density at radius 3 is 2.49 bits per heavy atom. The zero-order chi connectivity index (χ0) is 24.9. The van der Waals surface area contributed by atoms with Crippen LogP contribution in [0.1, 0.15) is 22.3 Å². The normalized spacial score (nSPS) is 13.5. The Morgan fingerprint density at radius 2 is 1.77 bits per heavy atom. The second kappa shape index (κ2) is 10.7. The molecule has 0 aromatic heterocycles. The van der Waals surface area contributed by atoms with Gasteiger partial charge in [0, 0.05) is 37.0 Å². The number of benzene rings is 3. The van der Waals surface area contributed by atoms with E-state index in [0.717, 1.165) is 12.0 Å². The van der Waals surface area contributed by atoms with Crippen LogP contribution in [0.3, 0.4) is 0 Å². The first-order chi connectivity index (χ1) is 16.9. The van der Waals surface area contributed by atoms with Crippen LogP contribution in [-0.2, 0) is 6.54 Å². The summed E-state index contributed by atoms with van der Waals surface area (Å²) in [5.41, 5.74) is 2.24. The molecule has 182 valence electrons. The van der Waals surface area contributed by atoms with Gasteiger partial charge in [-0.15, -0.1) is 0 Å². The van der Waals surface area contributed by atoms with Gasteiger partial charge in [-0.25, -0.2) is 9.18 Å². The zero-order valence-corrected chi connectivity index (χ0v) is 20.1. The molecule has 9 heteroatoms. The molecule has 1 N–H and O–H groups in total. The molecule has 3 aromatic rings. The third-order valence-corrected chi connectivity index (χ3v) is 6.04. The molecule has 0 saturated carbocycles. The molecule has 0 atom stereocenters. The van der Waals surface area contributed by atoms with Crippen molar-refractivity contribution in [2.75, 3.05) is 37.5 Å². The number of anilines is 2. The van der Waals surface area contributed by atoms with Crippen LogP contribution in [0.25, 0.3) is 0 Å². The molecule has 1 fully saturated rings. The van der Waals surface area contributed by atoms with Crippen molar-refractivity contribution >= 4 is 34.9 Å². The number of hydrogen-bond acceptors (Lipinski definition) is 4. The van der Waals surface area contributed by atoms with Gasteiger partial charge in [-0.05, 0) is 48.4 Å². The molecular formula is C26H25ClFN3O4. The molecule has 1 aliphatic rings. The van der Waals surface area contributed by atoms with Crippen molar-refractivity contribution in [3.63, 3.8) is 0 Å². The number of nitrogens with zero attached hydrogens (tertiary/aromatic N) is 2. The Morgan fingerprint density at radius 1 is 1.03 bits per heavy atom. The van der Waals surface area contributed by atoms with Crippen molar-refractivity contribution in [3.05, 3.63) is 82.6 Å². The van der Waals surface area contributed by atoms with Gasteiger partial charge in [-0.1, -0.05) is 29.8 Å². The van der Waals surface area contributed by atoms with Gasteiger partial charge in [0.2, 0.25) is 0 Å². The summed E-state index contributed by atoms with van der Waals surface area (Å²) in [6.45, 7) is 1.52. The molecule has 4 rings (SSSR count). The van der Waals surface area contributed by atoms with Crippen LogP contribution >= 0.6 is 11.6 Å². The molecule has 35 heavy (non-hydrogen) atoms. The van der Waals surface area contributed by atoms with Gasteiger partial charge in [0.25, 0.3) is 5.91 Å². The second-order valence-electron chi connectivity index (χ2n) is 8.03. The smallest absolute Gasteiger partial charge is 0.324 e. The number of ether oxygens (including phenoxy) is 2. The maximum atomic E-state index is 13.2. The lowest BCUT2D eigenvalue weighted by Crippen LogP contribution is -2.49. The summed E-state index contributed by atoms with van der Waals surface area (Å²) in [4.78, 5) is 29.6. The number of carbonyl (C=O) groups is 2. The summed E-state index contributed by atoms with van der Waals surface area (Å²) in [5, 5.41) is 3.14. The van der Waals surface area contributed by atoms with E-state index in [4.69, 9.17) is 21.1 Å². The minimum absolute atomic E-state index is 0.165. The molecule has 0 unspecified atom stereocenters. The van der Waals surface area contributed by atoms with Crippen LogP contribution in [0, 0.1) is 5.82 Å². The minimum Gasteiger partial charge on any atom is -0.495 e. The fraction of sp³-hybridized carbons (Fsp3) is 0.231. The number of halogens is 2. The van der Waals surface area contributed by atoms with E-state index in [0.29, 0.717) is 53.1 Å². The number of rotatable bonds is 7. The molecule has 0 aliphatic carbocycles. The first-order valence-corrected chi connectivity index (χ1v) is 11.4. The summed E-state index contributed by atoms with van der Waals surface area (Å²) in [7, 11) is 2.98. The minimum atomic E-state index is -0.376. The van der Waals surface area contributed by atoms with Crippen LogP contribution in [0.2, 0.25) is 5.02 Å². The molecule has 1 heterocycles. The number of urea groups is 1. The van der Waals surface area contributed by atoms with Gasteiger partial charge in [-0.2, -0.15) is 0 Å². The quantitative estimate of drug-likeness (QED) is 0.462. The average Bonchev–Trinajstić information content (AvgIpc) is 2.87. The van der Waals surface area contributed by atoms with Crippen molar-refractivity contribution in [2.24, 2.45) is 0 Å². The lowest BCUT2D eigenvalue weighted by atomic mass is 10.1. The standard InChI is InChI=1S/C26H25ClFN3O4/c1-34-23-15-24(35-2)22(14-21(23)27)29-25(32)18-5-3-6-20(13-18)31-12-4-11-30(26(31)33)16-17-7-9-19(28)10-8-17/h3,5-10,13-15H,4,11-12,16H2,1-2H3,(H,29,32). The summed E-state index contributed by atoms with van der Waals surface area (Å²) in [6.07, 6.45) is 0.769. The van der Waals surface area contributed by atoms with E-state index >= 15 is 0 Å². The summed E-state index contributed by atoms with van der Waals surface area (Å²) in [6, 6.07) is 16.0. The fourth-order valence-corrected chi connectivity index (χ4v) is 4.19. The van der Waals surface area contributed by atoms with Crippen LogP contribution in [0.4, 0.5) is 20.6 Å². The molecule has 0 bridgehead atoms. The Hall–Kier alpha value is -3.78. The molecule has 3 aromatic carbocycles. The van der Waals surface area contributed by atoms with Crippen molar-refractivity contribution in [1.82, 2.24) is 4.90 Å². The predicted molar refractivity (Wildman–Crippen MR) is 133 cm³/mol. The van der Waals surface area contributed by atoms with Crippen molar-refractivity contribution in [2.45, 2.75) is 13.0 Å². The fourth-order valence-electron chi connectivity index (χ4n) is 3.95. The van der Waals surface area contributed by atoms with Crippen LogP contribution in [0.15, 0.2) is 60.7 Å². The molecule has 3 amide bonds. The maximum absolute atomic E-state index is 13.2. The van der Waals surface area contributed by atoms with E-state index < -0.39 is 0 Å². The largest absolute Gasteiger partial charge is 0.495 e. The second-order valence-corrected chi connectivity index (χ2v) is 8.43. The average molecular weight is 498 g/mol. The Balaban J connectivity index is 1.51. The molecule has 7 nitrogen and oxygen atoms in total. The third kappa shape index (κ3) is 5.49. The van der Waals surface area contributed by atoms with Crippen molar-refractivity contribution in [3.8, 4) is 11.5 Å². The Labute approximate surface area is 208 Å². The lowest BCUT2D eigenvalue weighted by Gasteiger charge is -2.35. The summed E-state index contributed by atoms with van der Waals surface area (Å²) >= 11 is 6.21. The third-order valence-electron chi connectivity index (χ3n) is 5.74. The van der Waals surface area contributed by atoms with Crippen LogP contribution in [0.5, 0.6) is 11.5 Å². The van der Waals surface area contributed by atoms with E-state index in [2.05, 4.69) is 5.32 Å². The molecule has 1 aliphatic heterocycles. The molecule has 0 radical (unpaired) electrons. The topological polar surface area (TPSA) is 71.1 Å². The van der Waals surface area contributed by atoms with Crippen molar-refractivity contribution in [1.29, 1.82) is 0 Å². The first-order valence-electron chi connectivity index (χ1n) is 11.0. The highest BCUT2D eigenvalue weighted by Crippen LogP contribution is 2.36. The number of carbonyl (C=O) groups excluding carboxylic acids is 2. The maximum Gasteiger partial charge on any atom is 0.324 e. The number of methoxy groups -OCH3 is 2. The van der Waals surface area contributed by atoms with Gasteiger partial charge in [0.05, 0.1) is 24.9 Å². The summed E-state index contributed by atoms with van der Waals surface area (Å²) < 4.78 is 23.8. The zero-order valence-electron chi connectivity index (χ0n) is 19.4. The van der Waals surface area contributed by atoms with Crippen LogP contribution < -0.4 is 19.7 Å². The van der Waals surface area contributed by atoms with E-state index in [1.54, 1.807) is 58.3 Å². The van der Waals surface area contributed by atoms with Gasteiger partial charge >= 0.3 is 6.03 Å². The highest BCUT2D eigenvalue weighted by molar-refractivity contribution is 6.32. The molecular weight excluding hydrogens is 473 g/mol. The van der Waals surface area contributed by atoms with Gasteiger partial charge in [-0.3, -0.25) is 9.69 Å². The lowest BCUT2D eigenvalue weighted by molar-refractivity contribution is 0.102.